The number of nitrogens with one attached hydrogen (secondary N) is 1. The smallest absolute Gasteiger partial charge is 0.259 e. The minimum absolute atomic E-state index is 0.0128. The Bertz CT molecular complexity index is 1070. The van der Waals surface area contributed by atoms with Gasteiger partial charge in [0.25, 0.3) is 5.91 Å². The summed E-state index contributed by atoms with van der Waals surface area (Å²) in [5.74, 6) is 0.293. The van der Waals surface area contributed by atoms with E-state index >= 15 is 0 Å². The SMILES string of the molecule is O=C(Nc1ccc2c(c1)N(C(=O)c1cccnc1)CC2)C1CC1c1ccccc1. The standard InChI is InChI=1S/C24H21N3O2/c28-23(21-14-20(21)16-5-2-1-3-6-16)26-19-9-8-17-10-12-27(22(17)13-19)24(29)18-7-4-11-25-15-18/h1-9,11,13,15,20-21H,10,12,14H2,(H,26,28). The quantitative estimate of drug-likeness (QED) is 0.740. The predicted octanol–water partition coefficient (Wildman–Crippen LogP) is 4.03. The van der Waals surface area contributed by atoms with Gasteiger partial charge >= 0.3 is 0 Å². The second-order valence-electron chi connectivity index (χ2n) is 7.64. The minimum atomic E-state index is -0.0633. The maximum atomic E-state index is 12.9. The Kier molecular flexibility index (Phi) is 4.35. The summed E-state index contributed by atoms with van der Waals surface area (Å²) < 4.78 is 0. The fourth-order valence-corrected chi connectivity index (χ4v) is 4.10. The summed E-state index contributed by atoms with van der Waals surface area (Å²) in [6.45, 7) is 0.638. The third-order valence-electron chi connectivity index (χ3n) is 5.76. The molecule has 2 aromatic carbocycles. The van der Waals surface area contributed by atoms with E-state index in [2.05, 4.69) is 22.4 Å². The molecular weight excluding hydrogens is 362 g/mol. The van der Waals surface area contributed by atoms with Crippen molar-refractivity contribution in [1.82, 2.24) is 4.98 Å². The van der Waals surface area contributed by atoms with Crippen LogP contribution in [0.4, 0.5) is 11.4 Å². The highest BCUT2D eigenvalue weighted by Gasteiger charge is 2.43. The van der Waals surface area contributed by atoms with Crippen molar-refractivity contribution in [2.75, 3.05) is 16.8 Å². The second kappa shape index (κ2) is 7.17. The highest BCUT2D eigenvalue weighted by Crippen LogP contribution is 2.48. The summed E-state index contributed by atoms with van der Waals surface area (Å²) in [5.41, 5.74) is 4.51. The van der Waals surface area contributed by atoms with Crippen molar-refractivity contribution in [3.8, 4) is 0 Å². The molecule has 29 heavy (non-hydrogen) atoms. The average molecular weight is 383 g/mol. The van der Waals surface area contributed by atoms with E-state index in [1.807, 2.05) is 36.4 Å². The van der Waals surface area contributed by atoms with Gasteiger partial charge in [-0.15, -0.1) is 0 Å². The fourth-order valence-electron chi connectivity index (χ4n) is 4.10. The minimum Gasteiger partial charge on any atom is -0.326 e. The van der Waals surface area contributed by atoms with Crippen molar-refractivity contribution in [3.05, 3.63) is 89.7 Å². The Balaban J connectivity index is 1.31. The number of aromatic nitrogens is 1. The summed E-state index contributed by atoms with van der Waals surface area (Å²) in [4.78, 5) is 31.4. The molecule has 1 saturated carbocycles. The lowest BCUT2D eigenvalue weighted by atomic mass is 10.1. The zero-order valence-corrected chi connectivity index (χ0v) is 15.9. The monoisotopic (exact) mass is 383 g/mol. The van der Waals surface area contributed by atoms with E-state index in [1.54, 1.807) is 29.4 Å². The average Bonchev–Trinajstić information content (AvgIpc) is 3.47. The number of carbonyl (C=O) groups is 2. The van der Waals surface area contributed by atoms with Crippen molar-refractivity contribution >= 4 is 23.2 Å². The van der Waals surface area contributed by atoms with E-state index < -0.39 is 0 Å². The van der Waals surface area contributed by atoms with E-state index in [-0.39, 0.29) is 17.7 Å². The molecule has 0 saturated heterocycles. The summed E-state index contributed by atoms with van der Waals surface area (Å²) >= 11 is 0. The molecule has 3 aromatic rings. The van der Waals surface area contributed by atoms with Gasteiger partial charge in [-0.3, -0.25) is 14.6 Å². The number of hydrogen-bond acceptors (Lipinski definition) is 3. The largest absolute Gasteiger partial charge is 0.326 e. The van der Waals surface area contributed by atoms with Gasteiger partial charge in [0.05, 0.1) is 5.56 Å². The molecule has 0 spiro atoms. The number of fused-ring (bicyclic) bond motifs is 1. The molecule has 2 unspecified atom stereocenters. The summed E-state index contributed by atoms with van der Waals surface area (Å²) in [6, 6.07) is 19.5. The van der Waals surface area contributed by atoms with Crippen LogP contribution in [0.1, 0.15) is 33.8 Å². The Morgan fingerprint density at radius 2 is 1.90 bits per heavy atom. The van der Waals surface area contributed by atoms with Crippen molar-refractivity contribution in [3.63, 3.8) is 0 Å². The van der Waals surface area contributed by atoms with Gasteiger partial charge in [0, 0.05) is 36.2 Å². The molecule has 2 aliphatic rings. The number of carbonyl (C=O) groups excluding carboxylic acids is 2. The van der Waals surface area contributed by atoms with Gasteiger partial charge in [-0.25, -0.2) is 0 Å². The third kappa shape index (κ3) is 3.40. The molecule has 1 fully saturated rings. The lowest BCUT2D eigenvalue weighted by molar-refractivity contribution is -0.117. The topological polar surface area (TPSA) is 62.3 Å². The van der Waals surface area contributed by atoms with Crippen molar-refractivity contribution < 1.29 is 9.59 Å². The third-order valence-corrected chi connectivity index (χ3v) is 5.76. The lowest BCUT2D eigenvalue weighted by Crippen LogP contribution is -2.29. The van der Waals surface area contributed by atoms with Crippen molar-refractivity contribution in [1.29, 1.82) is 0 Å². The lowest BCUT2D eigenvalue weighted by Gasteiger charge is -2.18. The predicted molar refractivity (Wildman–Crippen MR) is 112 cm³/mol. The molecule has 1 N–H and O–H groups in total. The van der Waals surface area contributed by atoms with Crippen LogP contribution in [0.5, 0.6) is 0 Å². The number of anilines is 2. The van der Waals surface area contributed by atoms with E-state index in [0.29, 0.717) is 18.0 Å². The number of nitrogens with zero attached hydrogens (tertiary/aromatic N) is 2. The van der Waals surface area contributed by atoms with E-state index in [9.17, 15) is 9.59 Å². The maximum Gasteiger partial charge on any atom is 0.259 e. The molecule has 1 aliphatic carbocycles. The van der Waals surface area contributed by atoms with Crippen molar-refractivity contribution in [2.24, 2.45) is 5.92 Å². The molecule has 144 valence electrons. The van der Waals surface area contributed by atoms with E-state index in [4.69, 9.17) is 0 Å². The molecule has 0 bridgehead atoms. The number of pyridine rings is 1. The number of benzene rings is 2. The van der Waals surface area contributed by atoms with E-state index in [0.717, 1.165) is 29.8 Å². The number of rotatable bonds is 4. The van der Waals surface area contributed by atoms with Gasteiger partial charge in [0.15, 0.2) is 0 Å². The summed E-state index contributed by atoms with van der Waals surface area (Å²) in [5, 5.41) is 3.04. The highest BCUT2D eigenvalue weighted by atomic mass is 16.2. The molecule has 0 radical (unpaired) electrons. The van der Waals surface area contributed by atoms with Crippen LogP contribution in [-0.4, -0.2) is 23.3 Å². The second-order valence-corrected chi connectivity index (χ2v) is 7.64. The van der Waals surface area contributed by atoms with Crippen LogP contribution >= 0.6 is 0 Å². The normalized spacial score (nSPS) is 19.5. The van der Waals surface area contributed by atoms with Gasteiger partial charge in [-0.1, -0.05) is 36.4 Å². The van der Waals surface area contributed by atoms with Gasteiger partial charge < -0.3 is 10.2 Å². The Morgan fingerprint density at radius 1 is 1.03 bits per heavy atom. The first kappa shape index (κ1) is 17.6. The molecule has 1 aromatic heterocycles. The molecular formula is C24H21N3O2. The molecule has 2 amide bonds. The van der Waals surface area contributed by atoms with Crippen LogP contribution in [-0.2, 0) is 11.2 Å². The molecule has 2 atom stereocenters. The highest BCUT2D eigenvalue weighted by molar-refractivity contribution is 6.07. The maximum absolute atomic E-state index is 12.9. The first-order valence-corrected chi connectivity index (χ1v) is 9.91. The van der Waals surface area contributed by atoms with Gasteiger partial charge in [-0.05, 0) is 54.2 Å². The van der Waals surface area contributed by atoms with Crippen LogP contribution in [0.2, 0.25) is 0 Å². The van der Waals surface area contributed by atoms with Crippen LogP contribution in [0.3, 0.4) is 0 Å². The van der Waals surface area contributed by atoms with Crippen LogP contribution < -0.4 is 10.2 Å². The Hall–Kier alpha value is -3.47. The number of amides is 2. The van der Waals surface area contributed by atoms with E-state index in [1.165, 1.54) is 5.56 Å². The van der Waals surface area contributed by atoms with Crippen LogP contribution in [0.15, 0.2) is 73.1 Å². The summed E-state index contributed by atoms with van der Waals surface area (Å²) in [7, 11) is 0. The zero-order valence-electron chi connectivity index (χ0n) is 15.9. The van der Waals surface area contributed by atoms with Crippen LogP contribution in [0.25, 0.3) is 0 Å². The number of hydrogen-bond donors (Lipinski definition) is 1. The van der Waals surface area contributed by atoms with Crippen molar-refractivity contribution in [2.45, 2.75) is 18.8 Å². The molecule has 5 nitrogen and oxygen atoms in total. The van der Waals surface area contributed by atoms with Gasteiger partial charge in [0.1, 0.15) is 0 Å². The first-order chi connectivity index (χ1) is 14.2. The molecule has 5 rings (SSSR count). The zero-order chi connectivity index (χ0) is 19.8. The summed E-state index contributed by atoms with van der Waals surface area (Å²) in [6.07, 6.45) is 4.94. The van der Waals surface area contributed by atoms with Crippen LogP contribution in [0, 0.1) is 5.92 Å². The van der Waals surface area contributed by atoms with Gasteiger partial charge in [0.2, 0.25) is 5.91 Å². The molecule has 5 heteroatoms. The molecule has 2 heterocycles. The first-order valence-electron chi connectivity index (χ1n) is 9.91. The Labute approximate surface area is 169 Å². The van der Waals surface area contributed by atoms with Gasteiger partial charge in [-0.2, -0.15) is 0 Å². The Morgan fingerprint density at radius 3 is 2.69 bits per heavy atom. The molecule has 1 aliphatic heterocycles. The fraction of sp³-hybridized carbons (Fsp3) is 0.208.